The monoisotopic (exact) mass is 853 g/mol. The first kappa shape index (κ1) is 40.7. The number of allylic oxidation sites excluding steroid dienone is 1. The Balaban J connectivity index is 1.06. The Morgan fingerprint density at radius 1 is 0.951 bits per heavy atom. The van der Waals surface area contributed by atoms with Crippen molar-refractivity contribution in [3.63, 3.8) is 0 Å². The molecular weight excluding hydrogens is 803 g/mol. The number of methoxy groups -OCH3 is 1. The average Bonchev–Trinajstić information content (AvgIpc) is 4.06. The van der Waals surface area contributed by atoms with Gasteiger partial charge in [0.05, 0.1) is 24.6 Å². The average molecular weight is 854 g/mol. The molecule has 0 spiro atoms. The highest BCUT2D eigenvalue weighted by atomic mass is 32.2. The van der Waals surface area contributed by atoms with Crippen molar-refractivity contribution < 1.29 is 46.2 Å². The molecule has 5 aliphatic rings. The summed E-state index contributed by atoms with van der Waals surface area (Å²) in [5.74, 6) is -1.35. The van der Waals surface area contributed by atoms with Gasteiger partial charge < -0.3 is 34.2 Å². The molecule has 61 heavy (non-hydrogen) atoms. The van der Waals surface area contributed by atoms with E-state index in [2.05, 4.69) is 15.4 Å². The predicted molar refractivity (Wildman–Crippen MR) is 225 cm³/mol. The summed E-state index contributed by atoms with van der Waals surface area (Å²) in [4.78, 5) is 63.0. The van der Waals surface area contributed by atoms with Gasteiger partial charge in [-0.2, -0.15) is 0 Å². The number of nitrogens with zero attached hydrogens (tertiary/aromatic N) is 2. The summed E-state index contributed by atoms with van der Waals surface area (Å²) in [7, 11) is -2.33. The molecule has 4 fully saturated rings. The molecule has 322 valence electrons. The van der Waals surface area contributed by atoms with Crippen LogP contribution in [-0.2, 0) is 29.1 Å². The van der Waals surface area contributed by atoms with Crippen LogP contribution >= 0.6 is 0 Å². The number of amides is 4. The van der Waals surface area contributed by atoms with Crippen molar-refractivity contribution in [1.29, 1.82) is 0 Å². The smallest absolute Gasteiger partial charge is 0.408 e. The van der Waals surface area contributed by atoms with Gasteiger partial charge in [-0.3, -0.25) is 19.1 Å². The Morgan fingerprint density at radius 3 is 2.56 bits per heavy atom. The number of aromatic nitrogens is 1. The Labute approximate surface area is 354 Å². The zero-order valence-corrected chi connectivity index (χ0v) is 34.9. The van der Waals surface area contributed by atoms with E-state index >= 15 is 0 Å². The minimum absolute atomic E-state index is 0.0218. The van der Waals surface area contributed by atoms with Crippen molar-refractivity contribution in [2.45, 2.75) is 119 Å². The number of furan rings is 1. The van der Waals surface area contributed by atoms with Crippen molar-refractivity contribution in [1.82, 2.24) is 25.2 Å². The molecule has 9 rings (SSSR count). The molecule has 2 aromatic heterocycles. The Morgan fingerprint density at radius 2 is 1.75 bits per heavy atom. The quantitative estimate of drug-likeness (QED) is 0.166. The number of hydrogen-bond acceptors (Lipinski definition) is 11. The molecule has 3 aliphatic carbocycles. The molecule has 4 aromatic rings. The van der Waals surface area contributed by atoms with E-state index in [-0.39, 0.29) is 25.5 Å². The van der Waals surface area contributed by atoms with Crippen LogP contribution in [0.15, 0.2) is 71.2 Å². The number of para-hydroxylation sites is 1. The second-order valence-corrected chi connectivity index (χ2v) is 19.0. The number of nitrogens with one attached hydrogen (secondary N) is 3. The number of ether oxygens (including phenoxy) is 3. The summed E-state index contributed by atoms with van der Waals surface area (Å²) in [6.07, 6.45) is 9.99. The lowest BCUT2D eigenvalue weighted by Gasteiger charge is -2.30. The molecule has 0 unspecified atom stereocenters. The minimum atomic E-state index is -3.92. The van der Waals surface area contributed by atoms with Gasteiger partial charge in [-0.1, -0.05) is 49.3 Å². The maximum Gasteiger partial charge on any atom is 0.408 e. The third-order valence-corrected chi connectivity index (χ3v) is 14.5. The SMILES string of the molecule is COc1cccc(-c2cc(O[C@@H]3C[C@H]4C(=O)N[C@]5(C(=O)NS(=O)(=O)C6CC6)C[C@@H]5/C=C\CCCCC[C@H](NC(=O)OC5CCCC5)C(=O)N4C3)c3oc4ccccc4c3n2)c1. The van der Waals surface area contributed by atoms with Crippen molar-refractivity contribution in [3.8, 4) is 22.8 Å². The van der Waals surface area contributed by atoms with Gasteiger partial charge in [-0.15, -0.1) is 0 Å². The van der Waals surface area contributed by atoms with E-state index in [1.807, 2.05) is 60.7 Å². The molecule has 5 atom stereocenters. The normalized spacial score (nSPS) is 26.7. The van der Waals surface area contributed by atoms with Gasteiger partial charge in [0.2, 0.25) is 21.8 Å². The van der Waals surface area contributed by atoms with Crippen LogP contribution in [0.5, 0.6) is 11.5 Å². The predicted octanol–water partition coefficient (Wildman–Crippen LogP) is 6.05. The standard InChI is InChI=1S/C45H51N5O10S/c1-57-30-16-11-12-27(22-30)35-24-38(40-39(46-35)33-17-9-10-19-37(33)60-40)58-31-23-36-41(51)48-45(43(53)49-61(55,56)32-20-21-32)25-28(45)13-5-3-2-4-6-18-34(42(52)50(36)26-31)47-44(54)59-29-14-7-8-15-29/h5,9-13,16-17,19,22,24,28-29,31-32,34,36H,2-4,6-8,14-15,18,20-21,23,25-26H2,1H3,(H,47,54)(H,48,51)(H,49,53)/b13-5-/t28-,31+,34-,36-,45+/m0/s1. The van der Waals surface area contributed by atoms with Gasteiger partial charge in [0, 0.05) is 29.4 Å². The van der Waals surface area contributed by atoms with Crippen molar-refractivity contribution in [2.75, 3.05) is 13.7 Å². The van der Waals surface area contributed by atoms with E-state index in [4.69, 9.17) is 23.6 Å². The highest BCUT2D eigenvalue weighted by Gasteiger charge is 2.62. The third-order valence-electron chi connectivity index (χ3n) is 12.7. The molecule has 0 radical (unpaired) electrons. The number of benzene rings is 2. The highest BCUT2D eigenvalue weighted by molar-refractivity contribution is 7.91. The summed E-state index contributed by atoms with van der Waals surface area (Å²) in [6.45, 7) is -0.0378. The lowest BCUT2D eigenvalue weighted by atomic mass is 10.0. The number of sulfonamides is 1. The zero-order valence-electron chi connectivity index (χ0n) is 34.1. The summed E-state index contributed by atoms with van der Waals surface area (Å²) in [5, 5.41) is 5.89. The van der Waals surface area contributed by atoms with Crippen LogP contribution in [0.1, 0.15) is 83.5 Å². The van der Waals surface area contributed by atoms with Gasteiger partial charge in [0.25, 0.3) is 5.91 Å². The zero-order chi connectivity index (χ0) is 42.3. The second kappa shape index (κ2) is 16.7. The molecule has 16 heteroatoms. The number of fused-ring (bicyclic) bond motifs is 5. The molecular formula is C45H51N5O10S. The van der Waals surface area contributed by atoms with Gasteiger partial charge in [-0.25, -0.2) is 18.2 Å². The Hall–Kier alpha value is -5.64. The topological polar surface area (TPSA) is 195 Å². The molecule has 3 saturated carbocycles. The fourth-order valence-corrected chi connectivity index (χ4v) is 10.4. The summed E-state index contributed by atoms with van der Waals surface area (Å²) < 4.78 is 52.5. The number of alkyl carbamates (subject to hydrolysis) is 1. The van der Waals surface area contributed by atoms with Crippen LogP contribution in [0.25, 0.3) is 33.3 Å². The van der Waals surface area contributed by atoms with Crippen LogP contribution < -0.4 is 24.8 Å². The van der Waals surface area contributed by atoms with Crippen molar-refractivity contribution >= 4 is 55.9 Å². The lowest BCUT2D eigenvalue weighted by Crippen LogP contribution is -2.58. The third kappa shape index (κ3) is 8.51. The first-order chi connectivity index (χ1) is 29.5. The van der Waals surface area contributed by atoms with Gasteiger partial charge in [-0.05, 0) is 88.5 Å². The summed E-state index contributed by atoms with van der Waals surface area (Å²) in [6, 6.07) is 14.6. The maximum absolute atomic E-state index is 14.8. The molecule has 1 saturated heterocycles. The molecule has 15 nitrogen and oxygen atoms in total. The van der Waals surface area contributed by atoms with Crippen LogP contribution in [0, 0.1) is 5.92 Å². The number of hydrogen-bond donors (Lipinski definition) is 3. The fourth-order valence-electron chi connectivity index (χ4n) is 9.03. The van der Waals surface area contributed by atoms with E-state index in [1.165, 1.54) is 4.90 Å². The van der Waals surface area contributed by atoms with Crippen LogP contribution in [0.2, 0.25) is 0 Å². The minimum Gasteiger partial charge on any atom is -0.497 e. The number of carbonyl (C=O) groups is 4. The molecule has 2 aromatic carbocycles. The Bertz CT molecular complexity index is 2490. The van der Waals surface area contributed by atoms with Crippen LogP contribution in [0.4, 0.5) is 4.79 Å². The van der Waals surface area contributed by atoms with E-state index in [1.54, 1.807) is 13.2 Å². The summed E-state index contributed by atoms with van der Waals surface area (Å²) in [5.41, 5.74) is 1.39. The van der Waals surface area contributed by atoms with Gasteiger partial charge in [0.15, 0.2) is 11.3 Å². The summed E-state index contributed by atoms with van der Waals surface area (Å²) >= 11 is 0. The van der Waals surface area contributed by atoms with Gasteiger partial charge in [0.1, 0.15) is 46.7 Å². The van der Waals surface area contributed by atoms with E-state index in [9.17, 15) is 27.6 Å². The maximum atomic E-state index is 14.8. The first-order valence-corrected chi connectivity index (χ1v) is 23.0. The van der Waals surface area contributed by atoms with Crippen LogP contribution in [-0.4, -0.2) is 90.9 Å². The first-order valence-electron chi connectivity index (χ1n) is 21.5. The van der Waals surface area contributed by atoms with E-state index in [0.29, 0.717) is 66.0 Å². The highest BCUT2D eigenvalue weighted by Crippen LogP contribution is 2.46. The lowest BCUT2D eigenvalue weighted by molar-refractivity contribution is -0.141. The molecule has 0 bridgehead atoms. The van der Waals surface area contributed by atoms with Gasteiger partial charge >= 0.3 is 6.09 Å². The van der Waals surface area contributed by atoms with Crippen molar-refractivity contribution in [2.24, 2.45) is 5.92 Å². The molecule has 3 N–H and O–H groups in total. The second-order valence-electron chi connectivity index (χ2n) is 17.0. The number of rotatable bonds is 9. The molecule has 4 heterocycles. The van der Waals surface area contributed by atoms with E-state index in [0.717, 1.165) is 49.5 Å². The molecule has 4 amide bonds. The van der Waals surface area contributed by atoms with Crippen LogP contribution in [0.3, 0.4) is 0 Å². The number of pyridine rings is 1. The fraction of sp³-hybridized carbons (Fsp3) is 0.489. The van der Waals surface area contributed by atoms with Crippen molar-refractivity contribution in [3.05, 3.63) is 66.7 Å². The largest absolute Gasteiger partial charge is 0.497 e. The number of carbonyl (C=O) groups excluding carboxylic acids is 4. The van der Waals surface area contributed by atoms with E-state index < -0.39 is 68.7 Å². The molecule has 2 aliphatic heterocycles. The Kier molecular flexibility index (Phi) is 11.1.